The summed E-state index contributed by atoms with van der Waals surface area (Å²) in [5, 5.41) is 1.13. The smallest absolute Gasteiger partial charge is 0.0595 e. The van der Waals surface area contributed by atoms with Crippen LogP contribution in [-0.2, 0) is 6.42 Å². The molecule has 0 aromatic heterocycles. The van der Waals surface area contributed by atoms with Gasteiger partial charge in [-0.05, 0) is 41.8 Å². The molecule has 0 amide bonds. The average molecular weight is 345 g/mol. The van der Waals surface area contributed by atoms with E-state index in [9.17, 15) is 0 Å². The van der Waals surface area contributed by atoms with Crippen LogP contribution in [0.15, 0.2) is 46.9 Å². The Morgan fingerprint density at radius 2 is 1.67 bits per heavy atom. The number of halogens is 3. The lowest BCUT2D eigenvalue weighted by Gasteiger charge is -2.12. The van der Waals surface area contributed by atoms with Crippen LogP contribution >= 0.6 is 39.1 Å². The molecule has 2 rings (SSSR count). The largest absolute Gasteiger partial charge is 0.324 e. The van der Waals surface area contributed by atoms with Crippen molar-refractivity contribution < 1.29 is 0 Å². The topological polar surface area (TPSA) is 26.0 Å². The summed E-state index contributed by atoms with van der Waals surface area (Å²) in [6, 6.07) is 13.6. The second kappa shape index (κ2) is 6.07. The van der Waals surface area contributed by atoms with E-state index >= 15 is 0 Å². The molecule has 0 heterocycles. The summed E-state index contributed by atoms with van der Waals surface area (Å²) in [6.07, 6.45) is 0.735. The number of benzene rings is 2. The van der Waals surface area contributed by atoms with Gasteiger partial charge in [0, 0.05) is 10.5 Å². The zero-order valence-corrected chi connectivity index (χ0v) is 12.6. The van der Waals surface area contributed by atoms with Gasteiger partial charge in [-0.15, -0.1) is 0 Å². The van der Waals surface area contributed by atoms with Crippen molar-refractivity contribution in [1.29, 1.82) is 0 Å². The average Bonchev–Trinajstić information content (AvgIpc) is 2.34. The van der Waals surface area contributed by atoms with Crippen LogP contribution in [0, 0.1) is 0 Å². The van der Waals surface area contributed by atoms with Crippen molar-refractivity contribution in [2.24, 2.45) is 5.73 Å². The van der Waals surface area contributed by atoms with Gasteiger partial charge in [-0.3, -0.25) is 0 Å². The van der Waals surface area contributed by atoms with Crippen molar-refractivity contribution in [3.05, 3.63) is 68.1 Å². The van der Waals surface area contributed by atoms with Gasteiger partial charge in [0.05, 0.1) is 10.0 Å². The first-order valence-electron chi connectivity index (χ1n) is 5.51. The molecule has 0 bridgehead atoms. The minimum atomic E-state index is -0.0460. The fourth-order valence-corrected chi connectivity index (χ4v) is 2.33. The second-order valence-corrected chi connectivity index (χ2v) is 5.84. The third-order valence-electron chi connectivity index (χ3n) is 2.74. The van der Waals surface area contributed by atoms with E-state index < -0.39 is 0 Å². The molecule has 2 aromatic rings. The summed E-state index contributed by atoms with van der Waals surface area (Å²) in [4.78, 5) is 0. The molecule has 18 heavy (non-hydrogen) atoms. The maximum Gasteiger partial charge on any atom is 0.0595 e. The van der Waals surface area contributed by atoms with Crippen molar-refractivity contribution in [1.82, 2.24) is 0 Å². The molecule has 1 unspecified atom stereocenters. The minimum Gasteiger partial charge on any atom is -0.324 e. The van der Waals surface area contributed by atoms with Crippen molar-refractivity contribution in [2.45, 2.75) is 12.5 Å². The first kappa shape index (κ1) is 13.9. The Kier molecular flexibility index (Phi) is 4.68. The number of rotatable bonds is 3. The monoisotopic (exact) mass is 343 g/mol. The number of hydrogen-bond donors (Lipinski definition) is 1. The van der Waals surface area contributed by atoms with Crippen LogP contribution in [0.1, 0.15) is 17.2 Å². The van der Waals surface area contributed by atoms with Gasteiger partial charge >= 0.3 is 0 Å². The van der Waals surface area contributed by atoms with Crippen LogP contribution < -0.4 is 5.73 Å². The quantitative estimate of drug-likeness (QED) is 0.833. The van der Waals surface area contributed by atoms with E-state index in [0.29, 0.717) is 10.0 Å². The minimum absolute atomic E-state index is 0.0460. The molecule has 0 radical (unpaired) electrons. The van der Waals surface area contributed by atoms with Crippen LogP contribution in [0.2, 0.25) is 10.0 Å². The van der Waals surface area contributed by atoms with Crippen LogP contribution in [-0.4, -0.2) is 0 Å². The van der Waals surface area contributed by atoms with Gasteiger partial charge < -0.3 is 5.73 Å². The van der Waals surface area contributed by atoms with Gasteiger partial charge in [-0.2, -0.15) is 0 Å². The van der Waals surface area contributed by atoms with E-state index in [2.05, 4.69) is 15.9 Å². The summed E-state index contributed by atoms with van der Waals surface area (Å²) >= 11 is 15.3. The van der Waals surface area contributed by atoms with Crippen molar-refractivity contribution in [2.75, 3.05) is 0 Å². The predicted octanol–water partition coefficient (Wildman–Crippen LogP) is 5.00. The fourth-order valence-electron chi connectivity index (χ4n) is 1.75. The molecule has 4 heteroatoms. The molecule has 2 N–H and O–H groups in total. The van der Waals surface area contributed by atoms with E-state index in [1.807, 2.05) is 36.4 Å². The SMILES string of the molecule is NC(Cc1ccc(Cl)c(Cl)c1)c1ccc(Br)cc1. The highest BCUT2D eigenvalue weighted by Gasteiger charge is 2.08. The zero-order valence-electron chi connectivity index (χ0n) is 9.54. The Labute approximate surface area is 125 Å². The second-order valence-electron chi connectivity index (χ2n) is 4.11. The van der Waals surface area contributed by atoms with E-state index in [0.717, 1.165) is 22.0 Å². The van der Waals surface area contributed by atoms with Crippen molar-refractivity contribution in [3.8, 4) is 0 Å². The highest BCUT2D eigenvalue weighted by molar-refractivity contribution is 9.10. The maximum atomic E-state index is 6.17. The third-order valence-corrected chi connectivity index (χ3v) is 4.01. The standard InChI is InChI=1S/C14H12BrCl2N/c15-11-4-2-10(3-5-11)14(18)8-9-1-6-12(16)13(17)7-9/h1-7,14H,8,18H2. The molecule has 1 atom stereocenters. The summed E-state index contributed by atoms with van der Waals surface area (Å²) in [5.41, 5.74) is 8.36. The Bertz CT molecular complexity index is 540. The Morgan fingerprint density at radius 1 is 1.00 bits per heavy atom. The lowest BCUT2D eigenvalue weighted by Crippen LogP contribution is -2.13. The van der Waals surface area contributed by atoms with Crippen LogP contribution in [0.4, 0.5) is 0 Å². The highest BCUT2D eigenvalue weighted by Crippen LogP contribution is 2.25. The van der Waals surface area contributed by atoms with Gasteiger partial charge in [0.15, 0.2) is 0 Å². The maximum absolute atomic E-state index is 6.17. The summed E-state index contributed by atoms with van der Waals surface area (Å²) in [5.74, 6) is 0. The van der Waals surface area contributed by atoms with E-state index in [1.165, 1.54) is 0 Å². The summed E-state index contributed by atoms with van der Waals surface area (Å²) in [7, 11) is 0. The van der Waals surface area contributed by atoms with E-state index in [-0.39, 0.29) is 6.04 Å². The first-order chi connectivity index (χ1) is 8.56. The van der Waals surface area contributed by atoms with Gasteiger partial charge in [0.1, 0.15) is 0 Å². The molecular weight excluding hydrogens is 333 g/mol. The van der Waals surface area contributed by atoms with Gasteiger partial charge in [-0.1, -0.05) is 57.3 Å². The van der Waals surface area contributed by atoms with Crippen LogP contribution in [0.5, 0.6) is 0 Å². The number of nitrogens with two attached hydrogens (primary N) is 1. The van der Waals surface area contributed by atoms with Gasteiger partial charge in [0.2, 0.25) is 0 Å². The molecule has 94 valence electrons. The molecule has 0 fully saturated rings. The lowest BCUT2D eigenvalue weighted by atomic mass is 10.00. The Balaban J connectivity index is 2.13. The Hall–Kier alpha value is -0.540. The molecule has 0 spiro atoms. The first-order valence-corrected chi connectivity index (χ1v) is 7.06. The molecule has 2 aromatic carbocycles. The third kappa shape index (κ3) is 3.48. The molecule has 1 nitrogen and oxygen atoms in total. The van der Waals surface area contributed by atoms with Crippen LogP contribution in [0.3, 0.4) is 0 Å². The fraction of sp³-hybridized carbons (Fsp3) is 0.143. The summed E-state index contributed by atoms with van der Waals surface area (Å²) in [6.45, 7) is 0. The molecule has 0 aliphatic carbocycles. The number of hydrogen-bond acceptors (Lipinski definition) is 1. The van der Waals surface area contributed by atoms with Gasteiger partial charge in [-0.25, -0.2) is 0 Å². The molecular formula is C14H12BrCl2N. The molecule has 0 aliphatic heterocycles. The lowest BCUT2D eigenvalue weighted by molar-refractivity contribution is 0.722. The molecule has 0 saturated carbocycles. The Morgan fingerprint density at radius 3 is 2.28 bits per heavy atom. The highest BCUT2D eigenvalue weighted by atomic mass is 79.9. The summed E-state index contributed by atoms with van der Waals surface area (Å²) < 4.78 is 1.05. The van der Waals surface area contributed by atoms with Crippen LogP contribution in [0.25, 0.3) is 0 Å². The zero-order chi connectivity index (χ0) is 13.1. The van der Waals surface area contributed by atoms with Crippen molar-refractivity contribution >= 4 is 39.1 Å². The van der Waals surface area contributed by atoms with Gasteiger partial charge in [0.25, 0.3) is 0 Å². The van der Waals surface area contributed by atoms with E-state index in [1.54, 1.807) is 6.07 Å². The van der Waals surface area contributed by atoms with Crippen molar-refractivity contribution in [3.63, 3.8) is 0 Å². The predicted molar refractivity (Wildman–Crippen MR) is 81.2 cm³/mol. The molecule has 0 saturated heterocycles. The van der Waals surface area contributed by atoms with E-state index in [4.69, 9.17) is 28.9 Å². The molecule has 0 aliphatic rings. The normalized spacial score (nSPS) is 12.4.